The molecule has 2 heterocycles. The molecule has 2 unspecified atom stereocenters. The molecule has 194 valence electrons. The van der Waals surface area contributed by atoms with Gasteiger partial charge < -0.3 is 4.74 Å². The fraction of sp³-hybridized carbons (Fsp3) is 0.189. The first-order chi connectivity index (χ1) is 19.6. The largest absolute Gasteiger partial charge is 0.460 e. The monoisotopic (exact) mass is 518 g/mol. The van der Waals surface area contributed by atoms with Crippen molar-refractivity contribution < 1.29 is 4.74 Å². The second-order valence-electron chi connectivity index (χ2n) is 11.7. The Labute approximate surface area is 235 Å². The summed E-state index contributed by atoms with van der Waals surface area (Å²) in [5.41, 5.74) is 10.9. The molecule has 3 nitrogen and oxygen atoms in total. The summed E-state index contributed by atoms with van der Waals surface area (Å²) in [4.78, 5) is 10.3. The number of nitrogens with zero attached hydrogens (tertiary/aromatic N) is 2. The van der Waals surface area contributed by atoms with E-state index in [4.69, 9.17) is 14.7 Å². The summed E-state index contributed by atoms with van der Waals surface area (Å²) in [6, 6.07) is 32.5. The van der Waals surface area contributed by atoms with Gasteiger partial charge in [0, 0.05) is 34.4 Å². The van der Waals surface area contributed by atoms with E-state index in [0.29, 0.717) is 5.92 Å². The van der Waals surface area contributed by atoms with Crippen molar-refractivity contribution in [1.82, 2.24) is 0 Å². The van der Waals surface area contributed by atoms with E-state index in [1.165, 1.54) is 33.4 Å². The topological polar surface area (TPSA) is 34.0 Å². The van der Waals surface area contributed by atoms with Crippen LogP contribution in [-0.2, 0) is 5.41 Å². The van der Waals surface area contributed by atoms with Gasteiger partial charge in [0.2, 0.25) is 0 Å². The van der Waals surface area contributed by atoms with Crippen LogP contribution in [0.25, 0.3) is 11.1 Å². The zero-order chi connectivity index (χ0) is 26.8. The van der Waals surface area contributed by atoms with Gasteiger partial charge in [-0.1, -0.05) is 111 Å². The molecular formula is C37H30N2O. The molecule has 0 bridgehead atoms. The minimum Gasteiger partial charge on any atom is -0.460 e. The smallest absolute Gasteiger partial charge is 0.155 e. The Morgan fingerprint density at radius 2 is 1.60 bits per heavy atom. The van der Waals surface area contributed by atoms with Crippen LogP contribution in [0.3, 0.4) is 0 Å². The van der Waals surface area contributed by atoms with E-state index in [2.05, 4.69) is 117 Å². The van der Waals surface area contributed by atoms with Gasteiger partial charge in [-0.3, -0.25) is 4.99 Å². The molecule has 8 rings (SSSR count). The van der Waals surface area contributed by atoms with Gasteiger partial charge in [-0.15, -0.1) is 0 Å². The highest BCUT2D eigenvalue weighted by Gasteiger charge is 2.42. The van der Waals surface area contributed by atoms with Gasteiger partial charge >= 0.3 is 0 Å². The van der Waals surface area contributed by atoms with Crippen LogP contribution in [-0.4, -0.2) is 11.5 Å². The molecule has 40 heavy (non-hydrogen) atoms. The Morgan fingerprint density at radius 3 is 2.42 bits per heavy atom. The summed E-state index contributed by atoms with van der Waals surface area (Å²) in [5, 5.41) is 0. The summed E-state index contributed by atoms with van der Waals surface area (Å²) < 4.78 is 6.60. The molecule has 4 aromatic rings. The van der Waals surface area contributed by atoms with E-state index >= 15 is 0 Å². The van der Waals surface area contributed by atoms with Crippen molar-refractivity contribution in [3.63, 3.8) is 0 Å². The Morgan fingerprint density at radius 1 is 0.825 bits per heavy atom. The van der Waals surface area contributed by atoms with Crippen LogP contribution in [0.15, 0.2) is 125 Å². The van der Waals surface area contributed by atoms with E-state index in [9.17, 15) is 0 Å². The first kappa shape index (κ1) is 23.4. The maximum Gasteiger partial charge on any atom is 0.155 e. The zero-order valence-corrected chi connectivity index (χ0v) is 22.8. The quantitative estimate of drug-likeness (QED) is 0.267. The lowest BCUT2D eigenvalue weighted by Gasteiger charge is -2.23. The highest BCUT2D eigenvalue weighted by molar-refractivity contribution is 6.14. The van der Waals surface area contributed by atoms with Gasteiger partial charge in [0.1, 0.15) is 11.5 Å². The lowest BCUT2D eigenvalue weighted by atomic mass is 9.81. The molecule has 2 aliphatic heterocycles. The van der Waals surface area contributed by atoms with E-state index in [1.54, 1.807) is 0 Å². The number of ether oxygens (including phenoxy) is 1. The number of rotatable bonds is 3. The third kappa shape index (κ3) is 3.50. The molecule has 0 amide bonds. The highest BCUT2D eigenvalue weighted by Crippen LogP contribution is 2.58. The molecule has 0 fully saturated rings. The van der Waals surface area contributed by atoms with Crippen LogP contribution >= 0.6 is 0 Å². The first-order valence-electron chi connectivity index (χ1n) is 14.2. The van der Waals surface area contributed by atoms with Gasteiger partial charge in [-0.25, -0.2) is 4.99 Å². The molecule has 4 aromatic carbocycles. The number of aliphatic imine (C=N–C) groups is 2. The normalized spacial score (nSPS) is 21.3. The summed E-state index contributed by atoms with van der Waals surface area (Å²) in [6.45, 7) is 4.66. The third-order valence-corrected chi connectivity index (χ3v) is 8.99. The average Bonchev–Trinajstić information content (AvgIpc) is 3.50. The molecule has 0 saturated carbocycles. The molecule has 0 radical (unpaired) electrons. The van der Waals surface area contributed by atoms with Crippen LogP contribution in [0.2, 0.25) is 0 Å². The predicted molar refractivity (Wildman–Crippen MR) is 163 cm³/mol. The van der Waals surface area contributed by atoms with Gasteiger partial charge in [0.25, 0.3) is 0 Å². The van der Waals surface area contributed by atoms with E-state index in [-0.39, 0.29) is 11.5 Å². The molecule has 2 atom stereocenters. The van der Waals surface area contributed by atoms with Gasteiger partial charge in [0.15, 0.2) is 5.84 Å². The maximum atomic E-state index is 6.60. The fourth-order valence-electron chi connectivity index (χ4n) is 6.86. The number of hydrogen-bond acceptors (Lipinski definition) is 3. The summed E-state index contributed by atoms with van der Waals surface area (Å²) >= 11 is 0. The SMILES string of the molecule is CC1(C)c2ccc(C3=NC(c4ccccc4)=NC(c4ccccc4)C3)cc2-c2c1ccc1c2OC2=CC=CCC21. The van der Waals surface area contributed by atoms with Crippen LogP contribution in [0.1, 0.15) is 72.0 Å². The van der Waals surface area contributed by atoms with Crippen molar-refractivity contribution in [3.05, 3.63) is 148 Å². The number of hydrogen-bond donors (Lipinski definition) is 0. The van der Waals surface area contributed by atoms with Crippen LogP contribution in [0, 0.1) is 0 Å². The minimum absolute atomic E-state index is 0.0241. The second-order valence-corrected chi connectivity index (χ2v) is 11.7. The number of amidine groups is 1. The average molecular weight is 519 g/mol. The maximum absolute atomic E-state index is 6.60. The Hall–Kier alpha value is -4.50. The Kier molecular flexibility index (Phi) is 5.12. The van der Waals surface area contributed by atoms with Crippen LogP contribution < -0.4 is 4.74 Å². The van der Waals surface area contributed by atoms with Crippen molar-refractivity contribution in [2.75, 3.05) is 0 Å². The van der Waals surface area contributed by atoms with Crippen molar-refractivity contribution in [3.8, 4) is 16.9 Å². The van der Waals surface area contributed by atoms with Crippen molar-refractivity contribution in [1.29, 1.82) is 0 Å². The Balaban J connectivity index is 1.27. The van der Waals surface area contributed by atoms with Crippen LogP contribution in [0.4, 0.5) is 0 Å². The summed E-state index contributed by atoms with van der Waals surface area (Å²) in [5.74, 6) is 3.23. The van der Waals surface area contributed by atoms with E-state index in [1.807, 2.05) is 6.07 Å². The second kappa shape index (κ2) is 8.76. The van der Waals surface area contributed by atoms with Gasteiger partial charge in [-0.05, 0) is 46.4 Å². The number of benzene rings is 4. The molecule has 0 aromatic heterocycles. The Bertz CT molecular complexity index is 1790. The number of allylic oxidation sites excluding steroid dienone is 4. The highest BCUT2D eigenvalue weighted by atomic mass is 16.5. The van der Waals surface area contributed by atoms with E-state index in [0.717, 1.165) is 47.0 Å². The van der Waals surface area contributed by atoms with Gasteiger partial charge in [0.05, 0.1) is 11.8 Å². The third-order valence-electron chi connectivity index (χ3n) is 8.99. The van der Waals surface area contributed by atoms with Gasteiger partial charge in [-0.2, -0.15) is 0 Å². The lowest BCUT2D eigenvalue weighted by Crippen LogP contribution is -2.18. The molecule has 0 saturated heterocycles. The molecule has 0 N–H and O–H groups in total. The molecule has 0 spiro atoms. The summed E-state index contributed by atoms with van der Waals surface area (Å²) in [6.07, 6.45) is 8.24. The predicted octanol–water partition coefficient (Wildman–Crippen LogP) is 8.69. The van der Waals surface area contributed by atoms with E-state index < -0.39 is 0 Å². The zero-order valence-electron chi connectivity index (χ0n) is 22.8. The molecule has 3 heteroatoms. The molecule has 4 aliphatic rings. The fourth-order valence-corrected chi connectivity index (χ4v) is 6.86. The van der Waals surface area contributed by atoms with Crippen molar-refractivity contribution in [2.24, 2.45) is 9.98 Å². The van der Waals surface area contributed by atoms with Crippen molar-refractivity contribution >= 4 is 11.5 Å². The minimum atomic E-state index is -0.0976. The standard InChI is InChI=1S/C37H30N2O/c1-37(2)29-19-17-25(21-28(29)34-30(37)20-18-27-26-15-9-10-16-33(26)40-35(27)34)32-22-31(23-11-5-3-6-12-23)38-36(39-32)24-13-7-4-8-14-24/h3-14,16-21,26,31H,15,22H2,1-2H3. The lowest BCUT2D eigenvalue weighted by molar-refractivity contribution is 0.426. The number of fused-ring (bicyclic) bond motifs is 7. The molecular weight excluding hydrogens is 488 g/mol. The van der Waals surface area contributed by atoms with Crippen molar-refractivity contribution in [2.45, 2.75) is 44.1 Å². The summed E-state index contributed by atoms with van der Waals surface area (Å²) in [7, 11) is 0. The van der Waals surface area contributed by atoms with Crippen LogP contribution in [0.5, 0.6) is 5.75 Å². The molecule has 2 aliphatic carbocycles. The first-order valence-corrected chi connectivity index (χ1v) is 14.2.